The average molecular weight is 368 g/mol. The first-order valence-electron chi connectivity index (χ1n) is 8.61. The Morgan fingerprint density at radius 1 is 1.11 bits per heavy atom. The van der Waals surface area contributed by atoms with Crippen LogP contribution < -0.4 is 5.32 Å². The number of alkyl carbamates (subject to hydrolysis) is 1. The SMILES string of the molecule is O=C(NC1CCN(C(C(=O)O)c2ccccc2)C1=O)OCc1ccccc1. The van der Waals surface area contributed by atoms with Crippen molar-refractivity contribution in [2.75, 3.05) is 6.54 Å². The molecule has 7 heteroatoms. The highest BCUT2D eigenvalue weighted by Gasteiger charge is 2.40. The summed E-state index contributed by atoms with van der Waals surface area (Å²) in [5.41, 5.74) is 1.35. The average Bonchev–Trinajstić information content (AvgIpc) is 3.02. The monoisotopic (exact) mass is 368 g/mol. The Labute approximate surface area is 156 Å². The third-order valence-electron chi connectivity index (χ3n) is 4.41. The second-order valence-electron chi connectivity index (χ2n) is 6.23. The molecule has 0 saturated carbocycles. The number of benzene rings is 2. The molecule has 2 aromatic carbocycles. The van der Waals surface area contributed by atoms with E-state index >= 15 is 0 Å². The molecule has 2 aromatic rings. The molecule has 0 radical (unpaired) electrons. The standard InChI is InChI=1S/C20H20N2O5/c23-18-16(21-20(26)27-13-14-7-3-1-4-8-14)11-12-22(18)17(19(24)25)15-9-5-2-6-10-15/h1-10,16-17H,11-13H2,(H,21,26)(H,24,25). The van der Waals surface area contributed by atoms with Crippen molar-refractivity contribution < 1.29 is 24.2 Å². The molecule has 2 N–H and O–H groups in total. The molecular formula is C20H20N2O5. The number of carboxylic acids is 1. The number of aliphatic carboxylic acids is 1. The Morgan fingerprint density at radius 3 is 2.37 bits per heavy atom. The van der Waals surface area contributed by atoms with E-state index in [0.717, 1.165) is 5.56 Å². The zero-order valence-electron chi connectivity index (χ0n) is 14.6. The van der Waals surface area contributed by atoms with Crippen molar-refractivity contribution in [1.82, 2.24) is 10.2 Å². The predicted octanol–water partition coefficient (Wildman–Crippen LogP) is 2.34. The number of hydrogen-bond donors (Lipinski definition) is 2. The molecule has 140 valence electrons. The van der Waals surface area contributed by atoms with Crippen molar-refractivity contribution in [2.24, 2.45) is 0 Å². The molecule has 0 aliphatic carbocycles. The smallest absolute Gasteiger partial charge is 0.408 e. The molecule has 1 fully saturated rings. The van der Waals surface area contributed by atoms with Crippen LogP contribution in [-0.2, 0) is 20.9 Å². The highest BCUT2D eigenvalue weighted by Crippen LogP contribution is 2.26. The van der Waals surface area contributed by atoms with E-state index in [0.29, 0.717) is 12.0 Å². The Kier molecular flexibility index (Phi) is 5.71. The van der Waals surface area contributed by atoms with Crippen LogP contribution in [0.25, 0.3) is 0 Å². The highest BCUT2D eigenvalue weighted by atomic mass is 16.5. The first kappa shape index (κ1) is 18.4. The van der Waals surface area contributed by atoms with Gasteiger partial charge in [-0.1, -0.05) is 60.7 Å². The molecule has 3 rings (SSSR count). The van der Waals surface area contributed by atoms with Gasteiger partial charge in [0.1, 0.15) is 12.6 Å². The van der Waals surface area contributed by atoms with E-state index in [9.17, 15) is 19.5 Å². The van der Waals surface area contributed by atoms with Gasteiger partial charge in [0.25, 0.3) is 0 Å². The number of nitrogens with one attached hydrogen (secondary N) is 1. The fourth-order valence-corrected chi connectivity index (χ4v) is 3.09. The van der Waals surface area contributed by atoms with Gasteiger partial charge in [0, 0.05) is 6.54 Å². The summed E-state index contributed by atoms with van der Waals surface area (Å²) in [5, 5.41) is 12.1. The summed E-state index contributed by atoms with van der Waals surface area (Å²) >= 11 is 0. The van der Waals surface area contributed by atoms with Gasteiger partial charge in [0.05, 0.1) is 0 Å². The van der Waals surface area contributed by atoms with Crippen molar-refractivity contribution in [1.29, 1.82) is 0 Å². The van der Waals surface area contributed by atoms with Gasteiger partial charge >= 0.3 is 12.1 Å². The van der Waals surface area contributed by atoms with Gasteiger partial charge in [-0.15, -0.1) is 0 Å². The van der Waals surface area contributed by atoms with E-state index in [4.69, 9.17) is 4.74 Å². The van der Waals surface area contributed by atoms with Gasteiger partial charge in [-0.2, -0.15) is 0 Å². The van der Waals surface area contributed by atoms with Crippen LogP contribution in [0, 0.1) is 0 Å². The van der Waals surface area contributed by atoms with Crippen LogP contribution in [-0.4, -0.2) is 40.6 Å². The molecule has 0 aromatic heterocycles. The summed E-state index contributed by atoms with van der Waals surface area (Å²) in [6.07, 6.45) is -0.374. The van der Waals surface area contributed by atoms with Crippen molar-refractivity contribution in [3.05, 3.63) is 71.8 Å². The number of carbonyl (C=O) groups excluding carboxylic acids is 2. The molecular weight excluding hydrogens is 348 g/mol. The normalized spacial score (nSPS) is 17.4. The van der Waals surface area contributed by atoms with Crippen molar-refractivity contribution in [2.45, 2.75) is 25.1 Å². The lowest BCUT2D eigenvalue weighted by Crippen LogP contribution is -2.44. The molecule has 0 bridgehead atoms. The lowest BCUT2D eigenvalue weighted by Gasteiger charge is -2.25. The third kappa shape index (κ3) is 4.44. The zero-order chi connectivity index (χ0) is 19.2. The molecule has 1 saturated heterocycles. The minimum Gasteiger partial charge on any atom is -0.479 e. The Morgan fingerprint density at radius 2 is 1.74 bits per heavy atom. The first-order valence-corrected chi connectivity index (χ1v) is 8.61. The molecule has 27 heavy (non-hydrogen) atoms. The van der Waals surface area contributed by atoms with Gasteiger partial charge in [0.2, 0.25) is 5.91 Å². The van der Waals surface area contributed by atoms with Gasteiger partial charge < -0.3 is 20.1 Å². The summed E-state index contributed by atoms with van der Waals surface area (Å²) < 4.78 is 5.13. The number of ether oxygens (including phenoxy) is 1. The minimum absolute atomic E-state index is 0.0963. The number of likely N-dealkylation sites (tertiary alicyclic amines) is 1. The van der Waals surface area contributed by atoms with E-state index in [1.807, 2.05) is 30.3 Å². The largest absolute Gasteiger partial charge is 0.479 e. The van der Waals surface area contributed by atoms with Crippen molar-refractivity contribution >= 4 is 18.0 Å². The van der Waals surface area contributed by atoms with Crippen LogP contribution in [0.15, 0.2) is 60.7 Å². The summed E-state index contributed by atoms with van der Waals surface area (Å²) in [6, 6.07) is 15.9. The van der Waals surface area contributed by atoms with E-state index in [2.05, 4.69) is 5.32 Å². The lowest BCUT2D eigenvalue weighted by molar-refractivity contribution is -0.149. The van der Waals surface area contributed by atoms with Crippen LogP contribution in [0.4, 0.5) is 4.79 Å². The molecule has 1 heterocycles. The highest BCUT2D eigenvalue weighted by molar-refractivity contribution is 5.91. The van der Waals surface area contributed by atoms with Crippen LogP contribution in [0.1, 0.15) is 23.6 Å². The summed E-state index contributed by atoms with van der Waals surface area (Å²) in [7, 11) is 0. The molecule has 2 unspecified atom stereocenters. The molecule has 2 amide bonds. The fourth-order valence-electron chi connectivity index (χ4n) is 3.09. The molecule has 7 nitrogen and oxygen atoms in total. The third-order valence-corrected chi connectivity index (χ3v) is 4.41. The van der Waals surface area contributed by atoms with Crippen LogP contribution in [0.5, 0.6) is 0 Å². The lowest BCUT2D eigenvalue weighted by atomic mass is 10.1. The maximum absolute atomic E-state index is 12.6. The number of nitrogens with zero attached hydrogens (tertiary/aromatic N) is 1. The predicted molar refractivity (Wildman–Crippen MR) is 96.7 cm³/mol. The summed E-state index contributed by atoms with van der Waals surface area (Å²) in [6.45, 7) is 0.341. The maximum Gasteiger partial charge on any atom is 0.408 e. The summed E-state index contributed by atoms with van der Waals surface area (Å²) in [5.74, 6) is -1.54. The van der Waals surface area contributed by atoms with E-state index in [-0.39, 0.29) is 13.2 Å². The second kappa shape index (κ2) is 8.35. The van der Waals surface area contributed by atoms with Crippen LogP contribution in [0.3, 0.4) is 0 Å². The number of hydrogen-bond acceptors (Lipinski definition) is 4. The van der Waals surface area contributed by atoms with E-state index in [1.165, 1.54) is 4.90 Å². The van der Waals surface area contributed by atoms with Crippen LogP contribution in [0.2, 0.25) is 0 Å². The maximum atomic E-state index is 12.6. The molecule has 2 atom stereocenters. The van der Waals surface area contributed by atoms with Gasteiger partial charge in [-0.3, -0.25) is 4.79 Å². The van der Waals surface area contributed by atoms with Gasteiger partial charge in [0.15, 0.2) is 6.04 Å². The number of amides is 2. The van der Waals surface area contributed by atoms with Crippen LogP contribution >= 0.6 is 0 Å². The Hall–Kier alpha value is -3.35. The number of carboxylic acid groups (broad SMARTS) is 1. The van der Waals surface area contributed by atoms with Gasteiger partial charge in [-0.05, 0) is 17.5 Å². The summed E-state index contributed by atoms with van der Waals surface area (Å²) in [4.78, 5) is 37.6. The molecule has 1 aliphatic heterocycles. The zero-order valence-corrected chi connectivity index (χ0v) is 14.6. The quantitative estimate of drug-likeness (QED) is 0.816. The minimum atomic E-state index is -1.11. The fraction of sp³-hybridized carbons (Fsp3) is 0.250. The number of carbonyl (C=O) groups is 3. The second-order valence-corrected chi connectivity index (χ2v) is 6.23. The van der Waals surface area contributed by atoms with E-state index in [1.54, 1.807) is 30.3 Å². The van der Waals surface area contributed by atoms with Crippen molar-refractivity contribution in [3.8, 4) is 0 Å². The van der Waals surface area contributed by atoms with Crippen molar-refractivity contribution in [3.63, 3.8) is 0 Å². The molecule has 0 spiro atoms. The number of rotatable bonds is 6. The Balaban J connectivity index is 1.60. The molecule has 1 aliphatic rings. The van der Waals surface area contributed by atoms with E-state index < -0.39 is 30.1 Å². The Bertz CT molecular complexity index is 810. The topological polar surface area (TPSA) is 95.9 Å². The van der Waals surface area contributed by atoms with Gasteiger partial charge in [-0.25, -0.2) is 9.59 Å². The first-order chi connectivity index (χ1) is 13.1.